The second kappa shape index (κ2) is 6.93. The van der Waals surface area contributed by atoms with Crippen molar-refractivity contribution in [1.29, 1.82) is 0 Å². The van der Waals surface area contributed by atoms with Crippen molar-refractivity contribution in [2.24, 2.45) is 17.8 Å². The van der Waals surface area contributed by atoms with Gasteiger partial charge in [-0.05, 0) is 36.3 Å². The number of nitrogens with zero attached hydrogens (tertiary/aromatic N) is 1. The van der Waals surface area contributed by atoms with Gasteiger partial charge in [-0.3, -0.25) is 10.1 Å². The second-order valence-corrected chi connectivity index (χ2v) is 6.32. The third-order valence-corrected chi connectivity index (χ3v) is 4.03. The molecule has 0 amide bonds. The van der Waals surface area contributed by atoms with E-state index in [0.29, 0.717) is 17.8 Å². The number of aryl methyl sites for hydroxylation is 1. The van der Waals surface area contributed by atoms with Crippen LogP contribution in [0.2, 0.25) is 5.02 Å². The van der Waals surface area contributed by atoms with Gasteiger partial charge in [0.25, 0.3) is 5.69 Å². The quantitative estimate of drug-likeness (QED) is 0.600. The summed E-state index contributed by atoms with van der Waals surface area (Å²) in [5, 5.41) is 14.4. The van der Waals surface area contributed by atoms with E-state index < -0.39 is 4.92 Å². The standard InChI is InChI=1S/C15H23ClN2O2/c1-9(2)12(10(3)4)8-17-14-7-13(16)15(18(19)20)6-11(14)5/h6-7,9-10,12,17H,8H2,1-5H3. The zero-order valence-electron chi connectivity index (χ0n) is 12.7. The topological polar surface area (TPSA) is 55.2 Å². The van der Waals surface area contributed by atoms with Crippen LogP contribution in [0, 0.1) is 34.8 Å². The Hall–Kier alpha value is -1.29. The first kappa shape index (κ1) is 16.8. The summed E-state index contributed by atoms with van der Waals surface area (Å²) in [5.41, 5.74) is 1.67. The molecule has 5 heteroatoms. The first-order valence-corrected chi connectivity index (χ1v) is 7.30. The van der Waals surface area contributed by atoms with Crippen LogP contribution < -0.4 is 5.32 Å². The molecule has 20 heavy (non-hydrogen) atoms. The largest absolute Gasteiger partial charge is 0.384 e. The lowest BCUT2D eigenvalue weighted by Crippen LogP contribution is -2.24. The number of nitro benzene ring substituents is 1. The van der Waals surface area contributed by atoms with Crippen LogP contribution in [0.15, 0.2) is 12.1 Å². The van der Waals surface area contributed by atoms with Crippen molar-refractivity contribution in [3.63, 3.8) is 0 Å². The summed E-state index contributed by atoms with van der Waals surface area (Å²) in [6, 6.07) is 3.16. The van der Waals surface area contributed by atoms with E-state index in [1.54, 1.807) is 6.07 Å². The molecule has 0 fully saturated rings. The molecule has 4 nitrogen and oxygen atoms in total. The molecular weight excluding hydrogens is 276 g/mol. The lowest BCUT2D eigenvalue weighted by Gasteiger charge is -2.26. The van der Waals surface area contributed by atoms with Gasteiger partial charge in [-0.25, -0.2) is 0 Å². The van der Waals surface area contributed by atoms with Gasteiger partial charge in [-0.1, -0.05) is 39.3 Å². The molecule has 1 aromatic rings. The molecular formula is C15H23ClN2O2. The monoisotopic (exact) mass is 298 g/mol. The Labute approximate surface area is 125 Å². The fraction of sp³-hybridized carbons (Fsp3) is 0.600. The van der Waals surface area contributed by atoms with Crippen LogP contribution in [-0.2, 0) is 0 Å². The van der Waals surface area contributed by atoms with Crippen LogP contribution in [0.5, 0.6) is 0 Å². The highest BCUT2D eigenvalue weighted by molar-refractivity contribution is 6.33. The van der Waals surface area contributed by atoms with Crippen molar-refractivity contribution < 1.29 is 4.92 Å². The van der Waals surface area contributed by atoms with E-state index in [-0.39, 0.29) is 10.7 Å². The Morgan fingerprint density at radius 1 is 1.25 bits per heavy atom. The van der Waals surface area contributed by atoms with Crippen molar-refractivity contribution in [3.05, 3.63) is 32.8 Å². The van der Waals surface area contributed by atoms with Gasteiger partial charge in [0, 0.05) is 18.3 Å². The number of nitrogens with one attached hydrogen (secondary N) is 1. The number of nitro groups is 1. The number of halogens is 1. The maximum atomic E-state index is 10.8. The molecule has 0 spiro atoms. The van der Waals surface area contributed by atoms with E-state index in [9.17, 15) is 10.1 Å². The van der Waals surface area contributed by atoms with Gasteiger partial charge in [0.2, 0.25) is 0 Å². The predicted octanol–water partition coefficient (Wildman–Crippen LogP) is 4.90. The third-order valence-electron chi connectivity index (χ3n) is 3.73. The van der Waals surface area contributed by atoms with Crippen LogP contribution in [0.1, 0.15) is 33.3 Å². The summed E-state index contributed by atoms with van der Waals surface area (Å²) >= 11 is 5.96. The molecule has 0 bridgehead atoms. The van der Waals surface area contributed by atoms with Crippen LogP contribution in [0.25, 0.3) is 0 Å². The third kappa shape index (κ3) is 4.10. The smallest absolute Gasteiger partial charge is 0.288 e. The first-order chi connectivity index (χ1) is 9.23. The van der Waals surface area contributed by atoms with E-state index in [0.717, 1.165) is 17.8 Å². The fourth-order valence-corrected chi connectivity index (χ4v) is 2.70. The SMILES string of the molecule is Cc1cc([N+](=O)[O-])c(Cl)cc1NCC(C(C)C)C(C)C. The van der Waals surface area contributed by atoms with E-state index in [1.807, 2.05) is 6.92 Å². The average Bonchev–Trinajstić information content (AvgIpc) is 2.31. The molecule has 0 aromatic heterocycles. The van der Waals surface area contributed by atoms with Gasteiger partial charge in [-0.2, -0.15) is 0 Å². The molecule has 0 radical (unpaired) electrons. The van der Waals surface area contributed by atoms with Gasteiger partial charge >= 0.3 is 0 Å². The predicted molar refractivity (Wildman–Crippen MR) is 84.5 cm³/mol. The minimum absolute atomic E-state index is 0.0426. The van der Waals surface area contributed by atoms with Gasteiger partial charge in [0.1, 0.15) is 5.02 Å². The van der Waals surface area contributed by atoms with Crippen molar-refractivity contribution in [1.82, 2.24) is 0 Å². The lowest BCUT2D eigenvalue weighted by molar-refractivity contribution is -0.384. The maximum absolute atomic E-state index is 10.8. The Morgan fingerprint density at radius 3 is 2.25 bits per heavy atom. The Morgan fingerprint density at radius 2 is 1.80 bits per heavy atom. The lowest BCUT2D eigenvalue weighted by atomic mass is 9.85. The summed E-state index contributed by atoms with van der Waals surface area (Å²) in [6.45, 7) is 11.5. The average molecular weight is 299 g/mol. The zero-order valence-corrected chi connectivity index (χ0v) is 13.5. The zero-order chi connectivity index (χ0) is 15.4. The minimum Gasteiger partial charge on any atom is -0.384 e. The van der Waals surface area contributed by atoms with Gasteiger partial charge in [0.05, 0.1) is 4.92 Å². The van der Waals surface area contributed by atoms with Gasteiger partial charge in [-0.15, -0.1) is 0 Å². The molecule has 0 aliphatic heterocycles. The summed E-state index contributed by atoms with van der Waals surface area (Å²) < 4.78 is 0. The molecule has 0 aliphatic rings. The van der Waals surface area contributed by atoms with E-state index >= 15 is 0 Å². The van der Waals surface area contributed by atoms with Crippen LogP contribution in [0.4, 0.5) is 11.4 Å². The molecule has 0 saturated heterocycles. The van der Waals surface area contributed by atoms with Crippen molar-refractivity contribution >= 4 is 23.0 Å². The van der Waals surface area contributed by atoms with Crippen molar-refractivity contribution in [2.45, 2.75) is 34.6 Å². The molecule has 0 aliphatic carbocycles. The number of rotatable bonds is 6. The molecule has 0 atom stereocenters. The molecule has 1 N–H and O–H groups in total. The van der Waals surface area contributed by atoms with E-state index in [1.165, 1.54) is 6.07 Å². The summed E-state index contributed by atoms with van der Waals surface area (Å²) in [5.74, 6) is 1.70. The molecule has 112 valence electrons. The van der Waals surface area contributed by atoms with Crippen LogP contribution in [0.3, 0.4) is 0 Å². The first-order valence-electron chi connectivity index (χ1n) is 6.92. The van der Waals surface area contributed by atoms with Crippen molar-refractivity contribution in [2.75, 3.05) is 11.9 Å². The van der Waals surface area contributed by atoms with Gasteiger partial charge < -0.3 is 5.32 Å². The summed E-state index contributed by atoms with van der Waals surface area (Å²) in [4.78, 5) is 10.4. The molecule has 1 rings (SSSR count). The van der Waals surface area contributed by atoms with Crippen molar-refractivity contribution in [3.8, 4) is 0 Å². The van der Waals surface area contributed by atoms with E-state index in [2.05, 4.69) is 33.0 Å². The Kier molecular flexibility index (Phi) is 5.81. The maximum Gasteiger partial charge on any atom is 0.288 e. The Bertz CT molecular complexity index is 479. The Balaban J connectivity index is 2.88. The minimum atomic E-state index is -0.454. The molecule has 0 saturated carbocycles. The highest BCUT2D eigenvalue weighted by Crippen LogP contribution is 2.31. The fourth-order valence-electron chi connectivity index (χ4n) is 2.47. The van der Waals surface area contributed by atoms with Crippen LogP contribution in [-0.4, -0.2) is 11.5 Å². The van der Waals surface area contributed by atoms with E-state index in [4.69, 9.17) is 11.6 Å². The molecule has 1 aromatic carbocycles. The molecule has 0 unspecified atom stereocenters. The van der Waals surface area contributed by atoms with Crippen LogP contribution >= 0.6 is 11.6 Å². The second-order valence-electron chi connectivity index (χ2n) is 5.91. The summed E-state index contributed by atoms with van der Waals surface area (Å²) in [7, 11) is 0. The number of hydrogen-bond donors (Lipinski definition) is 1. The highest BCUT2D eigenvalue weighted by atomic mass is 35.5. The summed E-state index contributed by atoms with van der Waals surface area (Å²) in [6.07, 6.45) is 0. The van der Waals surface area contributed by atoms with Gasteiger partial charge in [0.15, 0.2) is 0 Å². The molecule has 0 heterocycles. The number of anilines is 1. The number of hydrogen-bond acceptors (Lipinski definition) is 3. The highest BCUT2D eigenvalue weighted by Gasteiger charge is 2.19. The number of benzene rings is 1. The normalized spacial score (nSPS) is 11.4.